The van der Waals surface area contributed by atoms with Crippen LogP contribution in [0.1, 0.15) is 13.3 Å². The summed E-state index contributed by atoms with van der Waals surface area (Å²) in [5.41, 5.74) is 0.636. The number of carbonyl (C=O) groups is 1. The van der Waals surface area contributed by atoms with E-state index in [-0.39, 0.29) is 12.6 Å². The number of hydrogen-bond acceptors (Lipinski definition) is 3. The Balaban J connectivity index is 2.59. The normalized spacial score (nSPS) is 10.1. The van der Waals surface area contributed by atoms with E-state index in [1.807, 2.05) is 6.92 Å². The SMILES string of the molecule is CCCN(CCO)C(=O)Nc1ccc(Br)nc1. The van der Waals surface area contributed by atoms with E-state index in [4.69, 9.17) is 5.11 Å². The van der Waals surface area contributed by atoms with Crippen LogP contribution < -0.4 is 5.32 Å². The van der Waals surface area contributed by atoms with Crippen molar-refractivity contribution in [2.24, 2.45) is 0 Å². The minimum absolute atomic E-state index is 0.0357. The van der Waals surface area contributed by atoms with Crippen molar-refractivity contribution in [2.45, 2.75) is 13.3 Å². The molecule has 0 aliphatic heterocycles. The number of hydrogen-bond donors (Lipinski definition) is 2. The smallest absolute Gasteiger partial charge is 0.321 e. The molecule has 0 aliphatic carbocycles. The van der Waals surface area contributed by atoms with Gasteiger partial charge in [-0.25, -0.2) is 9.78 Å². The highest BCUT2D eigenvalue weighted by Gasteiger charge is 2.11. The Morgan fingerprint density at radius 2 is 2.29 bits per heavy atom. The summed E-state index contributed by atoms with van der Waals surface area (Å²) in [6.07, 6.45) is 2.43. The van der Waals surface area contributed by atoms with E-state index >= 15 is 0 Å². The lowest BCUT2D eigenvalue weighted by Crippen LogP contribution is -2.37. The van der Waals surface area contributed by atoms with Gasteiger partial charge in [-0.1, -0.05) is 6.92 Å². The van der Waals surface area contributed by atoms with Crippen molar-refractivity contribution in [2.75, 3.05) is 25.0 Å². The summed E-state index contributed by atoms with van der Waals surface area (Å²) >= 11 is 3.22. The molecular weight excluding hydrogens is 286 g/mol. The summed E-state index contributed by atoms with van der Waals surface area (Å²) in [7, 11) is 0. The van der Waals surface area contributed by atoms with Gasteiger partial charge in [-0.15, -0.1) is 0 Å². The molecule has 0 unspecified atom stereocenters. The van der Waals surface area contributed by atoms with Gasteiger partial charge in [-0.3, -0.25) is 0 Å². The van der Waals surface area contributed by atoms with Gasteiger partial charge in [0, 0.05) is 13.1 Å². The number of urea groups is 1. The van der Waals surface area contributed by atoms with E-state index in [2.05, 4.69) is 26.2 Å². The summed E-state index contributed by atoms with van der Waals surface area (Å²) in [6.45, 7) is 2.91. The lowest BCUT2D eigenvalue weighted by molar-refractivity contribution is 0.188. The maximum atomic E-state index is 11.8. The molecule has 1 aromatic heterocycles. The first-order chi connectivity index (χ1) is 8.17. The molecule has 0 atom stereocenters. The van der Waals surface area contributed by atoms with Crippen LogP contribution in [0.15, 0.2) is 22.9 Å². The Kier molecular flexibility index (Phi) is 5.93. The third-order valence-electron chi connectivity index (χ3n) is 2.13. The first-order valence-electron chi connectivity index (χ1n) is 5.45. The number of aliphatic hydroxyl groups excluding tert-OH is 1. The molecule has 1 heterocycles. The Hall–Kier alpha value is -1.14. The highest BCUT2D eigenvalue weighted by Crippen LogP contribution is 2.11. The van der Waals surface area contributed by atoms with Crippen LogP contribution in [-0.2, 0) is 0 Å². The maximum absolute atomic E-state index is 11.8. The summed E-state index contributed by atoms with van der Waals surface area (Å²) < 4.78 is 0.719. The van der Waals surface area contributed by atoms with Gasteiger partial charge in [0.15, 0.2) is 0 Å². The van der Waals surface area contributed by atoms with E-state index in [0.717, 1.165) is 11.0 Å². The molecule has 6 heteroatoms. The Labute approximate surface area is 109 Å². The number of aliphatic hydroxyl groups is 1. The van der Waals surface area contributed by atoms with Gasteiger partial charge in [-0.2, -0.15) is 0 Å². The average Bonchev–Trinajstić information content (AvgIpc) is 2.32. The highest BCUT2D eigenvalue weighted by molar-refractivity contribution is 9.10. The summed E-state index contributed by atoms with van der Waals surface area (Å²) in [5, 5.41) is 11.6. The molecule has 0 fully saturated rings. The number of nitrogens with one attached hydrogen (secondary N) is 1. The van der Waals surface area contributed by atoms with Gasteiger partial charge in [0.05, 0.1) is 18.5 Å². The first-order valence-corrected chi connectivity index (χ1v) is 6.25. The van der Waals surface area contributed by atoms with Gasteiger partial charge in [-0.05, 0) is 34.5 Å². The van der Waals surface area contributed by atoms with Crippen molar-refractivity contribution in [3.05, 3.63) is 22.9 Å². The highest BCUT2D eigenvalue weighted by atomic mass is 79.9. The molecule has 5 nitrogen and oxygen atoms in total. The van der Waals surface area contributed by atoms with E-state index < -0.39 is 0 Å². The molecular formula is C11H16BrN3O2. The van der Waals surface area contributed by atoms with Gasteiger partial charge in [0.2, 0.25) is 0 Å². The monoisotopic (exact) mass is 301 g/mol. The molecule has 17 heavy (non-hydrogen) atoms. The van der Waals surface area contributed by atoms with Crippen LogP contribution in [-0.4, -0.2) is 40.7 Å². The zero-order chi connectivity index (χ0) is 12.7. The second-order valence-electron chi connectivity index (χ2n) is 3.51. The van der Waals surface area contributed by atoms with E-state index in [1.165, 1.54) is 0 Å². The zero-order valence-corrected chi connectivity index (χ0v) is 11.3. The van der Waals surface area contributed by atoms with Gasteiger partial charge >= 0.3 is 6.03 Å². The lowest BCUT2D eigenvalue weighted by Gasteiger charge is -2.21. The minimum atomic E-state index is -0.218. The molecule has 0 bridgehead atoms. The number of rotatable bonds is 5. The molecule has 0 radical (unpaired) electrons. The van der Waals surface area contributed by atoms with Crippen molar-refractivity contribution in [1.29, 1.82) is 0 Å². The predicted octanol–water partition coefficient (Wildman–Crippen LogP) is 2.08. The second kappa shape index (κ2) is 7.24. The molecule has 1 rings (SSSR count). The van der Waals surface area contributed by atoms with Crippen LogP contribution in [0.3, 0.4) is 0 Å². The predicted molar refractivity (Wildman–Crippen MR) is 69.9 cm³/mol. The summed E-state index contributed by atoms with van der Waals surface area (Å²) in [6, 6.07) is 3.30. The van der Waals surface area contributed by atoms with Crippen molar-refractivity contribution >= 4 is 27.6 Å². The summed E-state index contributed by atoms with van der Waals surface area (Å²) in [4.78, 5) is 17.4. The minimum Gasteiger partial charge on any atom is -0.395 e. The molecule has 0 aromatic carbocycles. The van der Waals surface area contributed by atoms with Crippen molar-refractivity contribution in [1.82, 2.24) is 9.88 Å². The zero-order valence-electron chi connectivity index (χ0n) is 9.69. The van der Waals surface area contributed by atoms with Crippen LogP contribution in [0.25, 0.3) is 0 Å². The molecule has 0 saturated heterocycles. The molecule has 2 N–H and O–H groups in total. The molecule has 0 saturated carbocycles. The quantitative estimate of drug-likeness (QED) is 0.818. The second-order valence-corrected chi connectivity index (χ2v) is 4.32. The number of anilines is 1. The third-order valence-corrected chi connectivity index (χ3v) is 2.60. The number of aromatic nitrogens is 1. The van der Waals surface area contributed by atoms with Gasteiger partial charge < -0.3 is 15.3 Å². The van der Waals surface area contributed by atoms with Gasteiger partial charge in [0.1, 0.15) is 4.60 Å². The van der Waals surface area contributed by atoms with Crippen LogP contribution in [0, 0.1) is 0 Å². The van der Waals surface area contributed by atoms with Crippen LogP contribution in [0.4, 0.5) is 10.5 Å². The van der Waals surface area contributed by atoms with Crippen LogP contribution in [0.5, 0.6) is 0 Å². The number of carbonyl (C=O) groups excluding carboxylic acids is 1. The number of amides is 2. The largest absolute Gasteiger partial charge is 0.395 e. The first kappa shape index (κ1) is 13.9. The number of nitrogens with zero attached hydrogens (tertiary/aromatic N) is 2. The molecule has 2 amide bonds. The van der Waals surface area contributed by atoms with Crippen molar-refractivity contribution in [3.8, 4) is 0 Å². The molecule has 1 aromatic rings. The Morgan fingerprint density at radius 3 is 2.82 bits per heavy atom. The van der Waals surface area contributed by atoms with Gasteiger partial charge in [0.25, 0.3) is 0 Å². The van der Waals surface area contributed by atoms with Crippen LogP contribution >= 0.6 is 15.9 Å². The molecule has 0 aliphatic rings. The van der Waals surface area contributed by atoms with E-state index in [9.17, 15) is 4.79 Å². The Morgan fingerprint density at radius 1 is 1.53 bits per heavy atom. The molecule has 0 spiro atoms. The topological polar surface area (TPSA) is 65.5 Å². The number of halogens is 1. The third kappa shape index (κ3) is 4.70. The standard InChI is InChI=1S/C11H16BrN3O2/c1-2-5-15(6-7-16)11(17)14-9-3-4-10(12)13-8-9/h3-4,8,16H,2,5-7H2,1H3,(H,14,17). The fourth-order valence-corrected chi connectivity index (χ4v) is 1.59. The molecule has 94 valence electrons. The van der Waals surface area contributed by atoms with Crippen LogP contribution in [0.2, 0.25) is 0 Å². The summed E-state index contributed by atoms with van der Waals surface area (Å²) in [5.74, 6) is 0. The maximum Gasteiger partial charge on any atom is 0.321 e. The number of pyridine rings is 1. The van der Waals surface area contributed by atoms with Crippen molar-refractivity contribution in [3.63, 3.8) is 0 Å². The average molecular weight is 302 g/mol. The lowest BCUT2D eigenvalue weighted by atomic mass is 10.4. The van der Waals surface area contributed by atoms with Crippen molar-refractivity contribution < 1.29 is 9.90 Å². The Bertz CT molecular complexity index is 350. The fourth-order valence-electron chi connectivity index (χ4n) is 1.36. The van der Waals surface area contributed by atoms with E-state index in [1.54, 1.807) is 23.2 Å². The fraction of sp³-hybridized carbons (Fsp3) is 0.455. The van der Waals surface area contributed by atoms with E-state index in [0.29, 0.717) is 18.8 Å².